The molecule has 0 saturated carbocycles. The first-order valence-corrected chi connectivity index (χ1v) is 8.85. The number of para-hydroxylation sites is 1. The molecule has 1 aromatic heterocycles. The number of hydrogen-bond donors (Lipinski definition) is 2. The summed E-state index contributed by atoms with van der Waals surface area (Å²) in [6, 6.07) is 10.2. The second-order valence-corrected chi connectivity index (χ2v) is 6.31. The van der Waals surface area contributed by atoms with E-state index in [1.165, 1.54) is 36.8 Å². The molecule has 0 fully saturated rings. The van der Waals surface area contributed by atoms with Crippen LogP contribution in [-0.2, 0) is 0 Å². The summed E-state index contributed by atoms with van der Waals surface area (Å²) in [5, 5.41) is 27.3. The average Bonchev–Trinajstić information content (AvgIpc) is 3.17. The van der Waals surface area contributed by atoms with Crippen molar-refractivity contribution in [2.45, 2.75) is 0 Å². The molecule has 0 atom stereocenters. The van der Waals surface area contributed by atoms with Gasteiger partial charge in [-0.1, -0.05) is 12.1 Å². The number of nitrogens with one attached hydrogen (secondary N) is 1. The van der Waals surface area contributed by atoms with E-state index in [0.717, 1.165) is 11.3 Å². The van der Waals surface area contributed by atoms with E-state index >= 15 is 0 Å². The number of aromatic hydroxyl groups is 1. The van der Waals surface area contributed by atoms with E-state index in [2.05, 4.69) is 15.5 Å². The van der Waals surface area contributed by atoms with Crippen molar-refractivity contribution in [2.24, 2.45) is 5.10 Å². The minimum atomic E-state index is -0.691. The number of hydrazone groups is 1. The molecular formula is C18H16N4O5S. The van der Waals surface area contributed by atoms with Crippen molar-refractivity contribution in [3.8, 4) is 28.5 Å². The van der Waals surface area contributed by atoms with E-state index in [-0.39, 0.29) is 5.75 Å². The lowest BCUT2D eigenvalue weighted by molar-refractivity contribution is -0.386. The Morgan fingerprint density at radius 1 is 1.25 bits per heavy atom. The molecular weight excluding hydrogens is 384 g/mol. The summed E-state index contributed by atoms with van der Waals surface area (Å²) in [6.07, 6.45) is 1.37. The van der Waals surface area contributed by atoms with Crippen molar-refractivity contribution in [1.82, 2.24) is 4.98 Å². The van der Waals surface area contributed by atoms with Gasteiger partial charge in [0.2, 0.25) is 10.9 Å². The summed E-state index contributed by atoms with van der Waals surface area (Å²) < 4.78 is 10.3. The number of nitro benzene ring substituents is 1. The van der Waals surface area contributed by atoms with Gasteiger partial charge in [0.05, 0.1) is 31.1 Å². The van der Waals surface area contributed by atoms with E-state index in [1.54, 1.807) is 7.11 Å². The number of methoxy groups -OCH3 is 2. The molecule has 0 bridgehead atoms. The summed E-state index contributed by atoms with van der Waals surface area (Å²) in [6.45, 7) is 0. The van der Waals surface area contributed by atoms with Gasteiger partial charge in [-0.25, -0.2) is 4.98 Å². The summed E-state index contributed by atoms with van der Waals surface area (Å²) in [7, 11) is 2.91. The highest BCUT2D eigenvalue weighted by molar-refractivity contribution is 7.14. The molecule has 0 aliphatic carbocycles. The lowest BCUT2D eigenvalue weighted by Gasteiger charge is -2.05. The molecule has 9 nitrogen and oxygen atoms in total. The highest BCUT2D eigenvalue weighted by Gasteiger charge is 2.19. The number of phenolic OH excluding ortho intramolecular Hbond substituents is 1. The smallest absolute Gasteiger partial charge is 0.315 e. The molecule has 28 heavy (non-hydrogen) atoms. The molecule has 2 N–H and O–H groups in total. The van der Waals surface area contributed by atoms with Crippen molar-refractivity contribution in [3.05, 3.63) is 57.5 Å². The fourth-order valence-electron chi connectivity index (χ4n) is 2.45. The number of aromatic nitrogens is 1. The Balaban J connectivity index is 1.78. The molecule has 0 spiro atoms. The summed E-state index contributed by atoms with van der Waals surface area (Å²) in [5.74, 6) is 0.175. The molecule has 0 aliphatic rings. The zero-order valence-corrected chi connectivity index (χ0v) is 15.8. The minimum Gasteiger partial charge on any atom is -0.500 e. The fourth-order valence-corrected chi connectivity index (χ4v) is 3.11. The molecule has 144 valence electrons. The van der Waals surface area contributed by atoms with E-state index in [0.29, 0.717) is 16.4 Å². The van der Waals surface area contributed by atoms with Gasteiger partial charge >= 0.3 is 5.69 Å². The number of anilines is 1. The van der Waals surface area contributed by atoms with Gasteiger partial charge in [-0.05, 0) is 18.2 Å². The maximum absolute atomic E-state index is 11.0. The van der Waals surface area contributed by atoms with Gasteiger partial charge in [-0.2, -0.15) is 5.10 Å². The lowest BCUT2D eigenvalue weighted by Crippen LogP contribution is -1.96. The Hall–Kier alpha value is -3.66. The van der Waals surface area contributed by atoms with Gasteiger partial charge < -0.3 is 14.6 Å². The average molecular weight is 400 g/mol. The van der Waals surface area contributed by atoms with Gasteiger partial charge in [0.25, 0.3) is 0 Å². The Bertz CT molecular complexity index is 1030. The van der Waals surface area contributed by atoms with E-state index in [9.17, 15) is 15.2 Å². The molecule has 0 radical (unpaired) electrons. The second kappa shape index (κ2) is 8.35. The van der Waals surface area contributed by atoms with Crippen LogP contribution in [0.2, 0.25) is 0 Å². The molecule has 3 rings (SSSR count). The fraction of sp³-hybridized carbons (Fsp3) is 0.111. The number of nitro groups is 1. The Morgan fingerprint density at radius 3 is 2.71 bits per heavy atom. The first-order chi connectivity index (χ1) is 13.5. The predicted octanol–water partition coefficient (Wildman–Crippen LogP) is 3.89. The van der Waals surface area contributed by atoms with Crippen molar-refractivity contribution in [1.29, 1.82) is 0 Å². The molecule has 1 heterocycles. The Labute approximate surface area is 164 Å². The zero-order valence-electron chi connectivity index (χ0n) is 14.9. The lowest BCUT2D eigenvalue weighted by atomic mass is 10.1. The Kier molecular flexibility index (Phi) is 5.70. The third-order valence-corrected chi connectivity index (χ3v) is 4.50. The first-order valence-electron chi connectivity index (χ1n) is 7.97. The highest BCUT2D eigenvalue weighted by atomic mass is 32.1. The molecule has 0 saturated heterocycles. The zero-order chi connectivity index (χ0) is 20.1. The molecule has 10 heteroatoms. The van der Waals surface area contributed by atoms with Crippen LogP contribution < -0.4 is 14.9 Å². The topological polar surface area (TPSA) is 119 Å². The SMILES string of the molecule is COc1ccccc1-c1csc(N/N=C\c2cc(OC)c(O)c([N+](=O)[O-])c2)n1. The molecule has 0 unspecified atom stereocenters. The molecule has 3 aromatic rings. The van der Waals surface area contributed by atoms with Crippen molar-refractivity contribution < 1.29 is 19.5 Å². The number of phenols is 1. The second-order valence-electron chi connectivity index (χ2n) is 5.46. The summed E-state index contributed by atoms with van der Waals surface area (Å²) >= 11 is 1.35. The number of nitrogens with zero attached hydrogens (tertiary/aromatic N) is 3. The first kappa shape index (κ1) is 19.1. The van der Waals surface area contributed by atoms with Crippen molar-refractivity contribution >= 4 is 28.4 Å². The van der Waals surface area contributed by atoms with Crippen LogP contribution in [0, 0.1) is 10.1 Å². The van der Waals surface area contributed by atoms with Crippen molar-refractivity contribution in [2.75, 3.05) is 19.6 Å². The molecule has 0 amide bonds. The van der Waals surface area contributed by atoms with Crippen LogP contribution in [0.4, 0.5) is 10.8 Å². The minimum absolute atomic E-state index is 0.0108. The van der Waals surface area contributed by atoms with Crippen LogP contribution in [0.25, 0.3) is 11.3 Å². The third kappa shape index (κ3) is 4.01. The van der Waals surface area contributed by atoms with Crippen LogP contribution >= 0.6 is 11.3 Å². The van der Waals surface area contributed by atoms with Crippen LogP contribution in [0.15, 0.2) is 46.9 Å². The van der Waals surface area contributed by atoms with Gasteiger partial charge in [0.1, 0.15) is 5.75 Å². The molecule has 0 aliphatic heterocycles. The normalized spacial score (nSPS) is 10.8. The van der Waals surface area contributed by atoms with Crippen LogP contribution in [0.5, 0.6) is 17.2 Å². The van der Waals surface area contributed by atoms with Gasteiger partial charge in [0, 0.05) is 22.6 Å². The van der Waals surface area contributed by atoms with Crippen LogP contribution in [0.3, 0.4) is 0 Å². The monoisotopic (exact) mass is 400 g/mol. The van der Waals surface area contributed by atoms with Crippen LogP contribution in [0.1, 0.15) is 5.56 Å². The number of rotatable bonds is 7. The maximum Gasteiger partial charge on any atom is 0.315 e. The van der Waals surface area contributed by atoms with Crippen LogP contribution in [-0.4, -0.2) is 35.4 Å². The number of benzene rings is 2. The quantitative estimate of drug-likeness (QED) is 0.351. The highest BCUT2D eigenvalue weighted by Crippen LogP contribution is 2.36. The predicted molar refractivity (Wildman–Crippen MR) is 107 cm³/mol. The maximum atomic E-state index is 11.0. The third-order valence-electron chi connectivity index (χ3n) is 3.75. The summed E-state index contributed by atoms with van der Waals surface area (Å²) in [5.41, 5.74) is 4.30. The van der Waals surface area contributed by atoms with Gasteiger partial charge in [0.15, 0.2) is 5.75 Å². The molecule has 2 aromatic carbocycles. The van der Waals surface area contributed by atoms with Gasteiger partial charge in [-0.15, -0.1) is 11.3 Å². The largest absolute Gasteiger partial charge is 0.500 e. The number of hydrogen-bond acceptors (Lipinski definition) is 9. The van der Waals surface area contributed by atoms with E-state index < -0.39 is 16.4 Å². The van der Waals surface area contributed by atoms with Gasteiger partial charge in [-0.3, -0.25) is 15.5 Å². The Morgan fingerprint density at radius 2 is 2.00 bits per heavy atom. The standard InChI is InChI=1S/C18H16N4O5S/c1-26-15-6-4-3-5-12(15)13-10-28-18(20-13)21-19-9-11-7-14(22(24)25)17(23)16(8-11)27-2/h3-10,23H,1-2H3,(H,20,21)/b19-9-. The summed E-state index contributed by atoms with van der Waals surface area (Å²) in [4.78, 5) is 14.8. The van der Waals surface area contributed by atoms with E-state index in [1.807, 2.05) is 29.6 Å². The van der Waals surface area contributed by atoms with E-state index in [4.69, 9.17) is 9.47 Å². The van der Waals surface area contributed by atoms with Crippen molar-refractivity contribution in [3.63, 3.8) is 0 Å². The number of ether oxygens (including phenoxy) is 2. The number of thiazole rings is 1.